The van der Waals surface area contributed by atoms with E-state index in [1.54, 1.807) is 24.3 Å². The molecule has 0 radical (unpaired) electrons. The fourth-order valence-electron chi connectivity index (χ4n) is 2.41. The van der Waals surface area contributed by atoms with E-state index in [2.05, 4.69) is 9.46 Å². The van der Waals surface area contributed by atoms with Crippen LogP contribution in [0, 0.1) is 0 Å². The number of benzene rings is 3. The summed E-state index contributed by atoms with van der Waals surface area (Å²) in [5.74, 6) is -0.667. The van der Waals surface area contributed by atoms with Crippen LogP contribution in [0.1, 0.15) is 0 Å². The summed E-state index contributed by atoms with van der Waals surface area (Å²) in [6, 6.07) is 13.3. The topological polar surface area (TPSA) is 75.6 Å². The molecule has 0 amide bonds. The second-order valence-corrected chi connectivity index (χ2v) is 6.99. The van der Waals surface area contributed by atoms with E-state index in [-0.39, 0.29) is 11.4 Å². The largest absolute Gasteiger partial charge is 0.573 e. The zero-order valence-corrected chi connectivity index (χ0v) is 13.8. The standard InChI is InChI=1S/C17H12F3NO4S/c18-17(19,20)25-11-4-3-5-12(10-11)26(23,24)21-15-8-9-16(22)14-7-2-1-6-13(14)15/h1-10,21-22H. The molecule has 0 atom stereocenters. The molecule has 2 N–H and O–H groups in total. The van der Waals surface area contributed by atoms with E-state index in [1.807, 2.05) is 0 Å². The van der Waals surface area contributed by atoms with Gasteiger partial charge in [0, 0.05) is 16.8 Å². The number of phenols is 1. The molecule has 0 aliphatic carbocycles. The first-order valence-electron chi connectivity index (χ1n) is 7.25. The van der Waals surface area contributed by atoms with Gasteiger partial charge >= 0.3 is 6.36 Å². The minimum absolute atomic E-state index is 0.0240. The minimum atomic E-state index is -4.93. The molecule has 0 aromatic heterocycles. The van der Waals surface area contributed by atoms with Crippen LogP contribution in [-0.2, 0) is 10.0 Å². The highest BCUT2D eigenvalue weighted by Crippen LogP contribution is 2.32. The number of hydrogen-bond acceptors (Lipinski definition) is 4. The van der Waals surface area contributed by atoms with Crippen molar-refractivity contribution >= 4 is 26.5 Å². The van der Waals surface area contributed by atoms with Crippen LogP contribution in [0.3, 0.4) is 0 Å². The summed E-state index contributed by atoms with van der Waals surface area (Å²) in [4.78, 5) is -0.392. The Morgan fingerprint density at radius 2 is 1.62 bits per heavy atom. The van der Waals surface area contributed by atoms with Gasteiger partial charge in [-0.25, -0.2) is 8.42 Å². The van der Waals surface area contributed by atoms with Crippen LogP contribution in [0.5, 0.6) is 11.5 Å². The smallest absolute Gasteiger partial charge is 0.507 e. The van der Waals surface area contributed by atoms with E-state index < -0.39 is 27.0 Å². The third-order valence-electron chi connectivity index (χ3n) is 3.49. The Hall–Kier alpha value is -2.94. The van der Waals surface area contributed by atoms with Crippen molar-refractivity contribution in [1.82, 2.24) is 0 Å². The second-order valence-electron chi connectivity index (χ2n) is 5.31. The monoisotopic (exact) mass is 383 g/mol. The van der Waals surface area contributed by atoms with Gasteiger partial charge in [0.1, 0.15) is 11.5 Å². The molecule has 136 valence electrons. The van der Waals surface area contributed by atoms with Gasteiger partial charge in [-0.15, -0.1) is 13.2 Å². The predicted molar refractivity (Wildman–Crippen MR) is 89.5 cm³/mol. The SMILES string of the molecule is O=S(=O)(Nc1ccc(O)c2ccccc12)c1cccc(OC(F)(F)F)c1. The Bertz CT molecular complexity index is 1070. The highest BCUT2D eigenvalue weighted by Gasteiger charge is 2.31. The van der Waals surface area contributed by atoms with Gasteiger partial charge in [0.25, 0.3) is 10.0 Å². The minimum Gasteiger partial charge on any atom is -0.507 e. The van der Waals surface area contributed by atoms with Crippen LogP contribution in [0.15, 0.2) is 65.6 Å². The van der Waals surface area contributed by atoms with Crippen molar-refractivity contribution in [2.24, 2.45) is 0 Å². The average molecular weight is 383 g/mol. The van der Waals surface area contributed by atoms with Gasteiger partial charge in [0.2, 0.25) is 0 Å². The molecule has 3 rings (SSSR count). The normalized spacial score (nSPS) is 12.1. The number of aromatic hydroxyl groups is 1. The predicted octanol–water partition coefficient (Wildman–Crippen LogP) is 4.24. The van der Waals surface area contributed by atoms with Crippen molar-refractivity contribution in [3.05, 3.63) is 60.7 Å². The van der Waals surface area contributed by atoms with E-state index in [0.29, 0.717) is 10.8 Å². The molecule has 0 fully saturated rings. The molecule has 0 saturated heterocycles. The molecule has 0 aliphatic rings. The molecule has 0 unspecified atom stereocenters. The van der Waals surface area contributed by atoms with E-state index in [0.717, 1.165) is 24.3 Å². The van der Waals surface area contributed by atoms with Crippen molar-refractivity contribution in [1.29, 1.82) is 0 Å². The lowest BCUT2D eigenvalue weighted by Crippen LogP contribution is -2.18. The molecule has 0 aliphatic heterocycles. The molecule has 9 heteroatoms. The summed E-state index contributed by atoms with van der Waals surface area (Å²) in [7, 11) is -4.17. The van der Waals surface area contributed by atoms with Crippen LogP contribution in [0.25, 0.3) is 10.8 Å². The molecular weight excluding hydrogens is 371 g/mol. The number of sulfonamides is 1. The number of fused-ring (bicyclic) bond motifs is 1. The second kappa shape index (κ2) is 6.41. The Labute approximate surface area is 146 Å². The maximum atomic E-state index is 12.5. The van der Waals surface area contributed by atoms with Gasteiger partial charge < -0.3 is 9.84 Å². The Morgan fingerprint density at radius 1 is 0.923 bits per heavy atom. The van der Waals surface area contributed by atoms with E-state index in [4.69, 9.17) is 0 Å². The highest BCUT2D eigenvalue weighted by molar-refractivity contribution is 7.92. The molecule has 3 aromatic rings. The quantitative estimate of drug-likeness (QED) is 0.661. The van der Waals surface area contributed by atoms with Crippen LogP contribution in [0.4, 0.5) is 18.9 Å². The van der Waals surface area contributed by atoms with Crippen LogP contribution in [0.2, 0.25) is 0 Å². The number of halogens is 3. The van der Waals surface area contributed by atoms with Gasteiger partial charge in [0.05, 0.1) is 10.6 Å². The first kappa shape index (κ1) is 17.9. The summed E-state index contributed by atoms with van der Waals surface area (Å²) in [5, 5.41) is 10.7. The first-order chi connectivity index (χ1) is 12.2. The fraction of sp³-hybridized carbons (Fsp3) is 0.0588. The maximum Gasteiger partial charge on any atom is 0.573 e. The number of ether oxygens (including phenoxy) is 1. The lowest BCUT2D eigenvalue weighted by Gasteiger charge is -2.13. The lowest BCUT2D eigenvalue weighted by atomic mass is 10.1. The van der Waals surface area contributed by atoms with Crippen molar-refractivity contribution in [3.63, 3.8) is 0 Å². The van der Waals surface area contributed by atoms with Crippen LogP contribution in [-0.4, -0.2) is 19.9 Å². The van der Waals surface area contributed by atoms with Gasteiger partial charge in [0.15, 0.2) is 0 Å². The summed E-state index contributed by atoms with van der Waals surface area (Å²) >= 11 is 0. The zero-order chi connectivity index (χ0) is 18.9. The highest BCUT2D eigenvalue weighted by atomic mass is 32.2. The molecule has 5 nitrogen and oxygen atoms in total. The van der Waals surface area contributed by atoms with Gasteiger partial charge in [-0.2, -0.15) is 0 Å². The molecule has 0 bridgehead atoms. The lowest BCUT2D eigenvalue weighted by molar-refractivity contribution is -0.274. The summed E-state index contributed by atoms with van der Waals surface area (Å²) < 4.78 is 68.1. The van der Waals surface area contributed by atoms with Gasteiger partial charge in [-0.05, 0) is 24.3 Å². The Kier molecular flexibility index (Phi) is 4.41. The number of alkyl halides is 3. The van der Waals surface area contributed by atoms with E-state index in [1.165, 1.54) is 12.1 Å². The fourth-order valence-corrected chi connectivity index (χ4v) is 3.53. The van der Waals surface area contributed by atoms with E-state index in [9.17, 15) is 26.7 Å². The molecular formula is C17H12F3NO4S. The summed E-state index contributed by atoms with van der Waals surface area (Å²) in [6.45, 7) is 0. The van der Waals surface area contributed by atoms with Crippen molar-refractivity contribution < 1.29 is 31.4 Å². The van der Waals surface area contributed by atoms with E-state index >= 15 is 0 Å². The summed E-state index contributed by atoms with van der Waals surface area (Å²) in [5.41, 5.74) is 0.181. The molecule has 26 heavy (non-hydrogen) atoms. The molecule has 0 spiro atoms. The summed E-state index contributed by atoms with van der Waals surface area (Å²) in [6.07, 6.45) is -4.93. The third-order valence-corrected chi connectivity index (χ3v) is 4.86. The van der Waals surface area contributed by atoms with Gasteiger partial charge in [-0.1, -0.05) is 30.3 Å². The molecule has 3 aromatic carbocycles. The molecule has 0 heterocycles. The third kappa shape index (κ3) is 3.83. The number of anilines is 1. The van der Waals surface area contributed by atoms with Gasteiger partial charge in [-0.3, -0.25) is 4.72 Å². The molecule has 0 saturated carbocycles. The zero-order valence-electron chi connectivity index (χ0n) is 13.0. The maximum absolute atomic E-state index is 12.5. The van der Waals surface area contributed by atoms with Crippen molar-refractivity contribution in [2.75, 3.05) is 4.72 Å². The average Bonchev–Trinajstić information content (AvgIpc) is 2.56. The van der Waals surface area contributed by atoms with Crippen LogP contribution < -0.4 is 9.46 Å². The van der Waals surface area contributed by atoms with Crippen molar-refractivity contribution in [2.45, 2.75) is 11.3 Å². The Balaban J connectivity index is 1.98. The number of hydrogen-bond donors (Lipinski definition) is 2. The Morgan fingerprint density at radius 3 is 2.31 bits per heavy atom. The number of phenolic OH excluding ortho intramolecular Hbond substituents is 1. The number of rotatable bonds is 4. The number of nitrogens with one attached hydrogen (secondary N) is 1. The first-order valence-corrected chi connectivity index (χ1v) is 8.73. The van der Waals surface area contributed by atoms with Crippen molar-refractivity contribution in [3.8, 4) is 11.5 Å². The van der Waals surface area contributed by atoms with Crippen LogP contribution >= 0.6 is 0 Å².